The van der Waals surface area contributed by atoms with Gasteiger partial charge in [0.25, 0.3) is 0 Å². The first-order valence-corrected chi connectivity index (χ1v) is 8.70. The van der Waals surface area contributed by atoms with Gasteiger partial charge in [-0.3, -0.25) is 4.79 Å². The summed E-state index contributed by atoms with van der Waals surface area (Å²) in [7, 11) is 0. The zero-order valence-corrected chi connectivity index (χ0v) is 15.3. The summed E-state index contributed by atoms with van der Waals surface area (Å²) in [6, 6.07) is 13.9. The number of aryl methyl sites for hydroxylation is 2. The normalized spacial score (nSPS) is 11.9. The van der Waals surface area contributed by atoms with Crippen molar-refractivity contribution in [1.82, 2.24) is 5.32 Å². The predicted molar refractivity (Wildman–Crippen MR) is 102 cm³/mol. The van der Waals surface area contributed by atoms with Crippen molar-refractivity contribution in [2.24, 2.45) is 5.73 Å². The van der Waals surface area contributed by atoms with Gasteiger partial charge in [-0.1, -0.05) is 42.5 Å². The number of hydrogen-bond donors (Lipinski definition) is 2. The van der Waals surface area contributed by atoms with Gasteiger partial charge in [0, 0.05) is 10.9 Å². The fourth-order valence-electron chi connectivity index (χ4n) is 3.12. The van der Waals surface area contributed by atoms with Gasteiger partial charge in [-0.25, -0.2) is 4.79 Å². The van der Waals surface area contributed by atoms with Crippen LogP contribution in [-0.2, 0) is 16.1 Å². The minimum absolute atomic E-state index is 0.0208. The van der Waals surface area contributed by atoms with E-state index in [9.17, 15) is 9.59 Å². The molecule has 0 saturated heterocycles. The zero-order chi connectivity index (χ0) is 19.4. The molecule has 0 spiro atoms. The Kier molecular flexibility index (Phi) is 5.45. The second kappa shape index (κ2) is 7.95. The Morgan fingerprint density at radius 1 is 1.11 bits per heavy atom. The van der Waals surface area contributed by atoms with Crippen molar-refractivity contribution >= 4 is 23.0 Å². The number of ether oxygens (including phenoxy) is 1. The smallest absolute Gasteiger partial charge is 0.312 e. The summed E-state index contributed by atoms with van der Waals surface area (Å²) < 4.78 is 11.1. The highest BCUT2D eigenvalue weighted by Crippen LogP contribution is 2.26. The summed E-state index contributed by atoms with van der Waals surface area (Å²) in [5.74, 6) is 0.164. The molecule has 3 aromatic rings. The summed E-state index contributed by atoms with van der Waals surface area (Å²) in [4.78, 5) is 23.7. The Labute approximate surface area is 157 Å². The molecule has 0 bridgehead atoms. The van der Waals surface area contributed by atoms with Crippen molar-refractivity contribution in [3.05, 3.63) is 71.0 Å². The molecule has 27 heavy (non-hydrogen) atoms. The molecule has 0 saturated carbocycles. The number of nitrogens with one attached hydrogen (secondary N) is 1. The molecule has 140 valence electrons. The van der Waals surface area contributed by atoms with E-state index in [0.717, 1.165) is 27.7 Å². The molecular weight excluding hydrogens is 344 g/mol. The second-order valence-corrected chi connectivity index (χ2v) is 6.43. The number of furan rings is 1. The molecule has 1 heterocycles. The number of benzene rings is 2. The molecule has 1 atom stereocenters. The molecule has 0 aliphatic rings. The zero-order valence-electron chi connectivity index (χ0n) is 15.3. The van der Waals surface area contributed by atoms with E-state index < -0.39 is 18.0 Å². The summed E-state index contributed by atoms with van der Waals surface area (Å²) in [5, 5.41) is 3.61. The van der Waals surface area contributed by atoms with Crippen molar-refractivity contribution < 1.29 is 18.7 Å². The maximum absolute atomic E-state index is 12.4. The van der Waals surface area contributed by atoms with E-state index in [-0.39, 0.29) is 13.0 Å². The highest BCUT2D eigenvalue weighted by Gasteiger charge is 2.21. The monoisotopic (exact) mass is 366 g/mol. The number of rotatable bonds is 6. The third kappa shape index (κ3) is 4.28. The van der Waals surface area contributed by atoms with Crippen LogP contribution in [0.1, 0.15) is 34.9 Å². The molecule has 0 radical (unpaired) electrons. The molecule has 1 unspecified atom stereocenters. The van der Waals surface area contributed by atoms with E-state index in [1.807, 2.05) is 62.4 Å². The van der Waals surface area contributed by atoms with Crippen LogP contribution in [-0.4, -0.2) is 12.0 Å². The van der Waals surface area contributed by atoms with E-state index in [0.29, 0.717) is 5.76 Å². The van der Waals surface area contributed by atoms with Gasteiger partial charge < -0.3 is 20.2 Å². The van der Waals surface area contributed by atoms with Crippen LogP contribution in [0.5, 0.6) is 0 Å². The minimum atomic E-state index is -0.691. The number of nitrogens with two attached hydrogens (primary N) is 1. The van der Waals surface area contributed by atoms with Gasteiger partial charge in [0.05, 0.1) is 12.5 Å². The molecule has 3 rings (SSSR count). The molecule has 1 aromatic heterocycles. The third-order valence-electron chi connectivity index (χ3n) is 4.56. The number of carbonyl (C=O) groups is 2. The first kappa shape index (κ1) is 18.5. The summed E-state index contributed by atoms with van der Waals surface area (Å²) >= 11 is 0. The number of primary amides is 1. The Hall–Kier alpha value is -3.28. The number of hydrogen-bond acceptors (Lipinski definition) is 4. The predicted octanol–water partition coefficient (Wildman–Crippen LogP) is 3.89. The minimum Gasteiger partial charge on any atom is -0.457 e. The van der Waals surface area contributed by atoms with Crippen molar-refractivity contribution in [1.29, 1.82) is 0 Å². The fourth-order valence-corrected chi connectivity index (χ4v) is 3.12. The molecule has 0 aliphatic carbocycles. The van der Waals surface area contributed by atoms with Crippen molar-refractivity contribution in [3.8, 4) is 0 Å². The van der Waals surface area contributed by atoms with Gasteiger partial charge in [0.15, 0.2) is 0 Å². The maximum atomic E-state index is 12.4. The van der Waals surface area contributed by atoms with E-state index >= 15 is 0 Å². The van der Waals surface area contributed by atoms with Crippen molar-refractivity contribution in [2.75, 3.05) is 0 Å². The molecule has 0 aliphatic heterocycles. The Balaban J connectivity index is 1.69. The van der Waals surface area contributed by atoms with Crippen LogP contribution >= 0.6 is 0 Å². The SMILES string of the molecule is Cc1ccccc1C(CC(=O)OCc1oc2ccccc2c1C)NC(N)=O. The van der Waals surface area contributed by atoms with E-state index in [1.54, 1.807) is 0 Å². The molecule has 6 nitrogen and oxygen atoms in total. The van der Waals surface area contributed by atoms with E-state index in [2.05, 4.69) is 5.32 Å². The van der Waals surface area contributed by atoms with E-state index in [1.165, 1.54) is 0 Å². The first-order chi connectivity index (χ1) is 13.0. The lowest BCUT2D eigenvalue weighted by atomic mass is 9.99. The lowest BCUT2D eigenvalue weighted by molar-refractivity contribution is -0.146. The van der Waals surface area contributed by atoms with Gasteiger partial charge in [-0.2, -0.15) is 0 Å². The topological polar surface area (TPSA) is 94.6 Å². The van der Waals surface area contributed by atoms with Crippen LogP contribution in [0, 0.1) is 13.8 Å². The largest absolute Gasteiger partial charge is 0.457 e. The van der Waals surface area contributed by atoms with Gasteiger partial charge in [0.2, 0.25) is 0 Å². The quantitative estimate of drug-likeness (QED) is 0.647. The molecule has 6 heteroatoms. The second-order valence-electron chi connectivity index (χ2n) is 6.43. The first-order valence-electron chi connectivity index (χ1n) is 8.70. The lowest BCUT2D eigenvalue weighted by Crippen LogP contribution is -2.35. The van der Waals surface area contributed by atoms with Gasteiger partial charge in [-0.05, 0) is 31.0 Å². The average Bonchev–Trinajstić information content (AvgIpc) is 2.96. The molecular formula is C21H22N2O4. The number of fused-ring (bicyclic) bond motifs is 1. The van der Waals surface area contributed by atoms with Crippen LogP contribution in [0.4, 0.5) is 4.79 Å². The Bertz CT molecular complexity index is 977. The third-order valence-corrected chi connectivity index (χ3v) is 4.56. The summed E-state index contributed by atoms with van der Waals surface area (Å²) in [6.07, 6.45) is -0.0208. The number of esters is 1. The van der Waals surface area contributed by atoms with Gasteiger partial charge in [0.1, 0.15) is 18.0 Å². The molecule has 2 aromatic carbocycles. The van der Waals surface area contributed by atoms with Crippen LogP contribution < -0.4 is 11.1 Å². The molecule has 2 amide bonds. The van der Waals surface area contributed by atoms with E-state index in [4.69, 9.17) is 14.9 Å². The maximum Gasteiger partial charge on any atom is 0.312 e. The van der Waals surface area contributed by atoms with Crippen LogP contribution in [0.15, 0.2) is 52.9 Å². The Morgan fingerprint density at radius 2 is 1.81 bits per heavy atom. The van der Waals surface area contributed by atoms with Gasteiger partial charge in [-0.15, -0.1) is 0 Å². The van der Waals surface area contributed by atoms with Crippen molar-refractivity contribution in [3.63, 3.8) is 0 Å². The van der Waals surface area contributed by atoms with Crippen molar-refractivity contribution in [2.45, 2.75) is 32.9 Å². The standard InChI is InChI=1S/C21H22N2O4/c1-13-7-3-4-8-15(13)17(23-21(22)25)11-20(24)26-12-19-14(2)16-9-5-6-10-18(16)27-19/h3-10,17H,11-12H2,1-2H3,(H3,22,23,25). The average molecular weight is 366 g/mol. The highest BCUT2D eigenvalue weighted by atomic mass is 16.5. The molecule has 0 fully saturated rings. The number of para-hydroxylation sites is 1. The van der Waals surface area contributed by atoms with Crippen LogP contribution in [0.2, 0.25) is 0 Å². The molecule has 3 N–H and O–H groups in total. The number of carbonyl (C=O) groups excluding carboxylic acids is 2. The highest BCUT2D eigenvalue weighted by molar-refractivity contribution is 5.82. The Morgan fingerprint density at radius 3 is 2.52 bits per heavy atom. The van der Waals surface area contributed by atoms with Crippen LogP contribution in [0.3, 0.4) is 0 Å². The fraction of sp³-hybridized carbons (Fsp3) is 0.238. The summed E-state index contributed by atoms with van der Waals surface area (Å²) in [5.41, 5.74) is 8.76. The van der Waals surface area contributed by atoms with Crippen LogP contribution in [0.25, 0.3) is 11.0 Å². The lowest BCUT2D eigenvalue weighted by Gasteiger charge is -2.19. The number of urea groups is 1. The summed E-state index contributed by atoms with van der Waals surface area (Å²) in [6.45, 7) is 3.88. The number of amides is 2. The van der Waals surface area contributed by atoms with Gasteiger partial charge >= 0.3 is 12.0 Å².